The van der Waals surface area contributed by atoms with E-state index in [4.69, 9.17) is 0 Å². The van der Waals surface area contributed by atoms with Crippen molar-refractivity contribution < 1.29 is 0 Å². The van der Waals surface area contributed by atoms with E-state index < -0.39 is 0 Å². The molecule has 1 aliphatic rings. The van der Waals surface area contributed by atoms with Crippen LogP contribution in [0.25, 0.3) is 0 Å². The molecule has 5 heterocycles. The summed E-state index contributed by atoms with van der Waals surface area (Å²) in [5, 5.41) is 39.5. The Bertz CT molecular complexity index is 2450. The van der Waals surface area contributed by atoms with Crippen LogP contribution in [-0.2, 0) is 0 Å². The minimum Gasteiger partial charge on any atom is -0.327 e. The van der Waals surface area contributed by atoms with E-state index in [2.05, 4.69) is 44.2 Å². The molecule has 0 saturated carbocycles. The summed E-state index contributed by atoms with van der Waals surface area (Å²) < 4.78 is 0. The summed E-state index contributed by atoms with van der Waals surface area (Å²) in [6, 6.07) is 55.5. The molecular formula is C48H28N8+4. The van der Waals surface area contributed by atoms with Gasteiger partial charge in [0.2, 0.25) is 0 Å². The second-order valence-corrected chi connectivity index (χ2v) is 13.4. The lowest BCUT2D eigenvalue weighted by Crippen LogP contribution is -2.12. The van der Waals surface area contributed by atoms with Gasteiger partial charge in [0.1, 0.15) is 93.5 Å². The molecule has 256 valence electrons. The minimum absolute atomic E-state index is 0.534. The third-order valence-corrected chi connectivity index (χ3v) is 10.0. The largest absolute Gasteiger partial charge is 0.327 e. The molecule has 0 fully saturated rings. The van der Waals surface area contributed by atoms with Gasteiger partial charge in [-0.15, -0.1) is 0 Å². The number of benzene rings is 4. The number of nitrogens with zero attached hydrogens (tertiary/aromatic N) is 4. The Balaban J connectivity index is 1.32. The molecule has 0 amide bonds. The molecule has 1 aliphatic heterocycles. The van der Waals surface area contributed by atoms with E-state index in [1.807, 2.05) is 121 Å². The Labute approximate surface area is 323 Å². The molecule has 0 aliphatic carbocycles. The molecule has 4 aromatic heterocycles. The molecule has 9 rings (SSSR count). The maximum absolute atomic E-state index is 9.88. The molecule has 0 unspecified atom stereocenters. The van der Waals surface area contributed by atoms with Gasteiger partial charge >= 0.3 is 0 Å². The van der Waals surface area contributed by atoms with E-state index in [9.17, 15) is 21.0 Å². The molecular weight excluding hydrogens is 689 g/mol. The lowest BCUT2D eigenvalue weighted by Gasteiger charge is -2.14. The van der Waals surface area contributed by atoms with Gasteiger partial charge in [-0.2, -0.15) is 21.0 Å². The molecule has 0 atom stereocenters. The Morgan fingerprint density at radius 3 is 0.661 bits per heavy atom. The quantitative estimate of drug-likeness (QED) is 0.134. The highest BCUT2D eigenvalue weighted by atomic mass is 14.8. The fourth-order valence-electron chi connectivity index (χ4n) is 7.55. The molecule has 8 nitrogen and oxygen atoms in total. The number of hydrogen-bond donors (Lipinski definition) is 4. The number of rotatable bonds is 4. The summed E-state index contributed by atoms with van der Waals surface area (Å²) in [6.45, 7) is 0. The van der Waals surface area contributed by atoms with E-state index in [-0.39, 0.29) is 0 Å². The average Bonchev–Trinajstić information content (AvgIpc) is 4.09. The van der Waals surface area contributed by atoms with Crippen molar-refractivity contribution in [2.24, 2.45) is 0 Å². The zero-order valence-electron chi connectivity index (χ0n) is 29.6. The van der Waals surface area contributed by atoms with Gasteiger partial charge in [0.05, 0.1) is 93.0 Å². The van der Waals surface area contributed by atoms with Crippen LogP contribution in [0.4, 0.5) is 0 Å². The Hall–Kier alpha value is -8.56. The maximum atomic E-state index is 9.88. The molecule has 0 spiro atoms. The first-order valence-corrected chi connectivity index (χ1v) is 17.8. The maximum Gasteiger partial charge on any atom is 0.126 e. The topological polar surface area (TPSA) is 158 Å². The van der Waals surface area contributed by atoms with Crippen LogP contribution in [0.1, 0.15) is 90.1 Å². The number of aromatic amines is 4. The zero-order chi connectivity index (χ0) is 38.2. The third kappa shape index (κ3) is 5.89. The van der Waals surface area contributed by atoms with E-state index >= 15 is 0 Å². The monoisotopic (exact) mass is 716 g/mol. The third-order valence-electron chi connectivity index (χ3n) is 10.0. The molecule has 4 N–H and O–H groups in total. The molecule has 0 radical (unpaired) electrons. The van der Waals surface area contributed by atoms with Gasteiger partial charge in [0, 0.05) is 48.5 Å². The van der Waals surface area contributed by atoms with Crippen LogP contribution in [0.3, 0.4) is 0 Å². The van der Waals surface area contributed by atoms with Crippen molar-refractivity contribution in [2.75, 3.05) is 0 Å². The number of hydrogen-bond acceptors (Lipinski definition) is 4. The summed E-state index contributed by atoms with van der Waals surface area (Å²) in [4.78, 5) is 14.8. The Morgan fingerprint density at radius 2 is 0.482 bits per heavy atom. The van der Waals surface area contributed by atoms with Gasteiger partial charge in [-0.1, -0.05) is 0 Å². The molecule has 4 aromatic carbocycles. The van der Waals surface area contributed by atoms with Crippen molar-refractivity contribution in [2.45, 2.75) is 0 Å². The number of nitrogens with one attached hydrogen (secondary N) is 4. The Kier molecular flexibility index (Phi) is 8.19. The lowest BCUT2D eigenvalue weighted by molar-refractivity contribution is 1.00. The number of fused-ring (bicyclic) bond motifs is 8. The van der Waals surface area contributed by atoms with Crippen molar-refractivity contribution in [1.82, 2.24) is 19.9 Å². The normalized spacial score (nSPS) is 12.1. The number of aromatic nitrogens is 4. The average molecular weight is 717 g/mol. The fraction of sp³-hybridized carbons (Fsp3) is 0. The van der Waals surface area contributed by atoms with Gasteiger partial charge in [-0.05, 0) is 48.5 Å². The molecule has 8 aromatic rings. The number of H-pyrrole nitrogens is 4. The lowest BCUT2D eigenvalue weighted by atomic mass is 9.91. The number of nitriles is 4. The van der Waals surface area contributed by atoms with Crippen molar-refractivity contribution in [3.63, 3.8) is 0 Å². The first-order valence-electron chi connectivity index (χ1n) is 17.8. The highest BCUT2D eigenvalue weighted by molar-refractivity contribution is 5.65. The summed E-state index contributed by atoms with van der Waals surface area (Å²) in [7, 11) is 0. The summed E-state index contributed by atoms with van der Waals surface area (Å²) in [5.74, 6) is 3.42. The van der Waals surface area contributed by atoms with Crippen LogP contribution in [0, 0.1) is 69.0 Å². The van der Waals surface area contributed by atoms with E-state index in [1.165, 1.54) is 0 Å². The van der Waals surface area contributed by atoms with Gasteiger partial charge < -0.3 is 19.9 Å². The van der Waals surface area contributed by atoms with Gasteiger partial charge in [-0.25, -0.2) is 0 Å². The molecule has 8 bridgehead atoms. The highest BCUT2D eigenvalue weighted by Crippen LogP contribution is 2.40. The van der Waals surface area contributed by atoms with E-state index in [1.54, 1.807) is 24.3 Å². The second kappa shape index (κ2) is 13.8. The predicted octanol–water partition coefficient (Wildman–Crippen LogP) is 8.88. The van der Waals surface area contributed by atoms with Crippen LogP contribution in [-0.4, -0.2) is 19.9 Å². The summed E-state index contributed by atoms with van der Waals surface area (Å²) in [6.07, 6.45) is 0. The van der Waals surface area contributed by atoms with Crippen LogP contribution in [0.2, 0.25) is 0 Å². The van der Waals surface area contributed by atoms with Crippen molar-refractivity contribution in [3.05, 3.63) is 259 Å². The Morgan fingerprint density at radius 1 is 0.286 bits per heavy atom. The first-order chi connectivity index (χ1) is 27.5. The zero-order valence-corrected chi connectivity index (χ0v) is 29.6. The second-order valence-electron chi connectivity index (χ2n) is 13.4. The van der Waals surface area contributed by atoms with Crippen LogP contribution in [0.15, 0.2) is 146 Å². The van der Waals surface area contributed by atoms with Crippen LogP contribution in [0.5, 0.6) is 0 Å². The highest BCUT2D eigenvalue weighted by Gasteiger charge is 2.38. The smallest absolute Gasteiger partial charge is 0.126 e. The van der Waals surface area contributed by atoms with Gasteiger partial charge in [0.25, 0.3) is 0 Å². The molecule has 0 saturated heterocycles. The summed E-state index contributed by atoms with van der Waals surface area (Å²) in [5.41, 5.74) is 12.0. The molecule has 56 heavy (non-hydrogen) atoms. The van der Waals surface area contributed by atoms with Crippen molar-refractivity contribution in [3.8, 4) is 24.3 Å². The summed E-state index contributed by atoms with van der Waals surface area (Å²) >= 11 is 0. The van der Waals surface area contributed by atoms with E-state index in [0.717, 1.165) is 91.5 Å². The standard InChI is InChI=1S/C48H28N8/c49-25-29-5-1-9-33(21-29)45-37-13-15-39(53-37)46(34-10-2-6-30(22-34)26-50)41-17-19-43(55-41)48(36-12-4-8-32(24-36)28-52)44-20-18-42(56-44)47(40-16-14-38(45)54-40)35-11-3-7-31(23-35)27-51/h1-24,53-56H/q+4. The fourth-order valence-corrected chi connectivity index (χ4v) is 7.55. The SMILES string of the molecule is N#Cc1cccc([C+]2c3ccc([nH]3)[C+](c3cccc(C#N)c3)c3ccc([nH]3)[C+](c3cccc(C#N)c3)c3ccc([nH]3)[C+](c3cccc(C#N)c3)c3ccc2[nH]3)c1. The van der Waals surface area contributed by atoms with Gasteiger partial charge in [-0.3, -0.25) is 0 Å². The predicted molar refractivity (Wildman–Crippen MR) is 210 cm³/mol. The molecule has 8 heteroatoms. The van der Waals surface area contributed by atoms with E-state index in [0.29, 0.717) is 22.3 Å². The van der Waals surface area contributed by atoms with Gasteiger partial charge in [0.15, 0.2) is 0 Å². The van der Waals surface area contributed by atoms with Crippen LogP contribution < -0.4 is 0 Å². The first kappa shape index (κ1) is 33.3. The minimum atomic E-state index is 0.534. The van der Waals surface area contributed by atoms with Crippen molar-refractivity contribution >= 4 is 0 Å². The van der Waals surface area contributed by atoms with Crippen LogP contribution >= 0.6 is 0 Å². The van der Waals surface area contributed by atoms with Crippen molar-refractivity contribution in [1.29, 1.82) is 21.0 Å².